The van der Waals surface area contributed by atoms with E-state index in [-0.39, 0.29) is 17.4 Å². The quantitative estimate of drug-likeness (QED) is 0.525. The largest absolute Gasteiger partial charge is 0.364 e. The van der Waals surface area contributed by atoms with Gasteiger partial charge in [-0.1, -0.05) is 23.8 Å². The first-order chi connectivity index (χ1) is 15.4. The van der Waals surface area contributed by atoms with E-state index in [0.717, 1.165) is 41.2 Å². The van der Waals surface area contributed by atoms with Crippen LogP contribution in [0.15, 0.2) is 36.5 Å². The Morgan fingerprint density at radius 2 is 2.12 bits per heavy atom. The molecule has 0 bridgehead atoms. The summed E-state index contributed by atoms with van der Waals surface area (Å²) in [5.41, 5.74) is 8.31. The molecular formula is C23H26N6O2S. The monoisotopic (exact) mass is 450 g/mol. The summed E-state index contributed by atoms with van der Waals surface area (Å²) in [6, 6.07) is 9.61. The lowest BCUT2D eigenvalue weighted by Gasteiger charge is -2.33. The Hall–Kier alpha value is -3.33. The van der Waals surface area contributed by atoms with Gasteiger partial charge in [0.15, 0.2) is 17.3 Å². The van der Waals surface area contributed by atoms with E-state index in [1.165, 1.54) is 11.5 Å². The van der Waals surface area contributed by atoms with Crippen LogP contribution in [0.3, 0.4) is 0 Å². The summed E-state index contributed by atoms with van der Waals surface area (Å²) < 4.78 is 4.24. The lowest BCUT2D eigenvalue weighted by Crippen LogP contribution is -2.37. The molecule has 3 N–H and O–H groups in total. The number of carbonyl (C=O) groups excluding carboxylic acids is 2. The van der Waals surface area contributed by atoms with Crippen molar-refractivity contribution in [2.24, 2.45) is 11.7 Å². The number of aromatic nitrogens is 3. The van der Waals surface area contributed by atoms with E-state index in [4.69, 9.17) is 5.73 Å². The van der Waals surface area contributed by atoms with Gasteiger partial charge in [0.2, 0.25) is 0 Å². The topological polar surface area (TPSA) is 114 Å². The van der Waals surface area contributed by atoms with Crippen LogP contribution in [0.4, 0.5) is 16.6 Å². The molecule has 9 heteroatoms. The first-order valence-electron chi connectivity index (χ1n) is 10.6. The van der Waals surface area contributed by atoms with Gasteiger partial charge in [0.1, 0.15) is 10.8 Å². The summed E-state index contributed by atoms with van der Waals surface area (Å²) in [6.07, 6.45) is 4.03. The molecule has 1 amide bonds. The van der Waals surface area contributed by atoms with Gasteiger partial charge in [0.05, 0.1) is 11.9 Å². The molecule has 1 saturated heterocycles. The molecular weight excluding hydrogens is 424 g/mol. The number of piperidine rings is 1. The average Bonchev–Trinajstić information content (AvgIpc) is 3.18. The highest BCUT2D eigenvalue weighted by Crippen LogP contribution is 2.28. The van der Waals surface area contributed by atoms with Gasteiger partial charge >= 0.3 is 0 Å². The van der Waals surface area contributed by atoms with Crippen molar-refractivity contribution in [3.63, 3.8) is 0 Å². The zero-order chi connectivity index (χ0) is 22.7. The Balaban J connectivity index is 1.50. The van der Waals surface area contributed by atoms with Gasteiger partial charge in [0.25, 0.3) is 5.91 Å². The lowest BCUT2D eigenvalue weighted by atomic mass is 9.90. The van der Waals surface area contributed by atoms with Crippen molar-refractivity contribution >= 4 is 39.9 Å². The van der Waals surface area contributed by atoms with Gasteiger partial charge in [-0.2, -0.15) is 4.37 Å². The standard InChI is InChI=1S/C23H26N6O2S/c1-14-5-3-7-17(9-14)18(30)11-16-6-4-8-29(13-16)19-12-25-21(22(24)31)23(26-19)27-20-10-15(2)28-32-20/h3,5,7,9-10,12,16H,4,6,8,11,13H2,1-2H3,(H2,24,31)(H,26,27)/t16-/m0/s1. The Kier molecular flexibility index (Phi) is 6.45. The molecule has 1 aliphatic heterocycles. The zero-order valence-electron chi connectivity index (χ0n) is 18.2. The van der Waals surface area contributed by atoms with Crippen molar-refractivity contribution in [2.45, 2.75) is 33.1 Å². The van der Waals surface area contributed by atoms with Gasteiger partial charge < -0.3 is 16.0 Å². The third-order valence-corrected chi connectivity index (χ3v) is 6.32. The molecule has 4 rings (SSSR count). The molecule has 0 saturated carbocycles. The number of anilines is 3. The Morgan fingerprint density at radius 1 is 1.28 bits per heavy atom. The Bertz CT molecular complexity index is 1150. The molecule has 1 fully saturated rings. The zero-order valence-corrected chi connectivity index (χ0v) is 19.0. The van der Waals surface area contributed by atoms with Crippen LogP contribution in [0.2, 0.25) is 0 Å². The number of nitrogens with one attached hydrogen (secondary N) is 1. The van der Waals surface area contributed by atoms with E-state index in [2.05, 4.69) is 24.6 Å². The number of Topliss-reactive ketones (excluding diaryl/α,β-unsaturated/α-hetero) is 1. The van der Waals surface area contributed by atoms with Crippen molar-refractivity contribution < 1.29 is 9.59 Å². The number of carbonyl (C=O) groups is 2. The van der Waals surface area contributed by atoms with Crippen LogP contribution in [0.5, 0.6) is 0 Å². The van der Waals surface area contributed by atoms with Crippen molar-refractivity contribution in [3.8, 4) is 0 Å². The van der Waals surface area contributed by atoms with Crippen LogP contribution in [-0.4, -0.2) is 39.1 Å². The predicted octanol–water partition coefficient (Wildman–Crippen LogP) is 3.88. The SMILES string of the molecule is Cc1cccc(C(=O)C[C@@H]2CCCN(c3cnc(C(N)=O)c(Nc4cc(C)ns4)n3)C2)c1. The first-order valence-corrected chi connectivity index (χ1v) is 11.4. The highest BCUT2D eigenvalue weighted by atomic mass is 32.1. The summed E-state index contributed by atoms with van der Waals surface area (Å²) in [5, 5.41) is 3.89. The fourth-order valence-electron chi connectivity index (χ4n) is 3.98. The Labute approximate surface area is 191 Å². The second-order valence-corrected chi connectivity index (χ2v) is 9.00. The van der Waals surface area contributed by atoms with E-state index < -0.39 is 5.91 Å². The minimum absolute atomic E-state index is 0.0861. The van der Waals surface area contributed by atoms with Crippen LogP contribution < -0.4 is 16.0 Å². The van der Waals surface area contributed by atoms with Crippen LogP contribution in [-0.2, 0) is 0 Å². The number of benzene rings is 1. The molecule has 3 heterocycles. The number of rotatable bonds is 7. The van der Waals surface area contributed by atoms with E-state index in [1.807, 2.05) is 44.2 Å². The summed E-state index contributed by atoms with van der Waals surface area (Å²) in [5.74, 6) is 0.727. The third kappa shape index (κ3) is 5.11. The van der Waals surface area contributed by atoms with E-state index in [9.17, 15) is 9.59 Å². The summed E-state index contributed by atoms with van der Waals surface area (Å²) in [7, 11) is 0. The molecule has 1 atom stereocenters. The number of primary amides is 1. The fraction of sp³-hybridized carbons (Fsp3) is 0.348. The van der Waals surface area contributed by atoms with Gasteiger partial charge in [-0.25, -0.2) is 9.97 Å². The summed E-state index contributed by atoms with van der Waals surface area (Å²) in [6.45, 7) is 5.41. The minimum Gasteiger partial charge on any atom is -0.364 e. The van der Waals surface area contributed by atoms with Crippen molar-refractivity contribution in [3.05, 3.63) is 59.0 Å². The number of ketones is 1. The predicted molar refractivity (Wildman–Crippen MR) is 126 cm³/mol. The maximum absolute atomic E-state index is 12.8. The molecule has 0 aliphatic carbocycles. The number of nitrogens with two attached hydrogens (primary N) is 1. The molecule has 0 radical (unpaired) electrons. The molecule has 1 aliphatic rings. The normalized spacial score (nSPS) is 16.1. The highest BCUT2D eigenvalue weighted by molar-refractivity contribution is 7.10. The highest BCUT2D eigenvalue weighted by Gasteiger charge is 2.25. The summed E-state index contributed by atoms with van der Waals surface area (Å²) >= 11 is 1.28. The first kappa shape index (κ1) is 21.9. The molecule has 32 heavy (non-hydrogen) atoms. The lowest BCUT2D eigenvalue weighted by molar-refractivity contribution is 0.0954. The van der Waals surface area contributed by atoms with Crippen LogP contribution in [0, 0.1) is 19.8 Å². The number of hydrogen-bond donors (Lipinski definition) is 2. The molecule has 0 spiro atoms. The van der Waals surface area contributed by atoms with Crippen LogP contribution in [0.1, 0.15) is 51.4 Å². The molecule has 1 aromatic carbocycles. The third-order valence-electron chi connectivity index (χ3n) is 5.52. The molecule has 0 unspecified atom stereocenters. The summed E-state index contributed by atoms with van der Waals surface area (Å²) in [4.78, 5) is 35.7. The number of aryl methyl sites for hydroxylation is 2. The van der Waals surface area contributed by atoms with Crippen LogP contribution >= 0.6 is 11.5 Å². The van der Waals surface area contributed by atoms with Crippen molar-refractivity contribution in [2.75, 3.05) is 23.3 Å². The Morgan fingerprint density at radius 3 is 2.84 bits per heavy atom. The van der Waals surface area contributed by atoms with Gasteiger partial charge in [-0.05, 0) is 56.3 Å². The molecule has 3 aromatic rings. The molecule has 2 aromatic heterocycles. The molecule has 166 valence electrons. The van der Waals surface area contributed by atoms with Crippen molar-refractivity contribution in [1.29, 1.82) is 0 Å². The van der Waals surface area contributed by atoms with E-state index >= 15 is 0 Å². The van der Waals surface area contributed by atoms with Gasteiger partial charge in [0, 0.05) is 25.1 Å². The minimum atomic E-state index is -0.645. The van der Waals surface area contributed by atoms with Crippen LogP contribution in [0.25, 0.3) is 0 Å². The molecule has 8 nitrogen and oxygen atoms in total. The number of amides is 1. The number of nitrogens with zero attached hydrogens (tertiary/aromatic N) is 4. The maximum atomic E-state index is 12.8. The fourth-order valence-corrected chi connectivity index (χ4v) is 4.64. The number of hydrogen-bond acceptors (Lipinski definition) is 8. The van der Waals surface area contributed by atoms with E-state index in [0.29, 0.717) is 24.6 Å². The van der Waals surface area contributed by atoms with Gasteiger partial charge in [-0.15, -0.1) is 0 Å². The van der Waals surface area contributed by atoms with Crippen molar-refractivity contribution in [1.82, 2.24) is 14.3 Å². The van der Waals surface area contributed by atoms with Gasteiger partial charge in [-0.3, -0.25) is 9.59 Å². The second-order valence-electron chi connectivity index (χ2n) is 8.20. The maximum Gasteiger partial charge on any atom is 0.271 e. The smallest absolute Gasteiger partial charge is 0.271 e. The average molecular weight is 451 g/mol. The van der Waals surface area contributed by atoms with E-state index in [1.54, 1.807) is 6.20 Å². The second kappa shape index (κ2) is 9.44.